The summed E-state index contributed by atoms with van der Waals surface area (Å²) in [5.74, 6) is 0.810. The summed E-state index contributed by atoms with van der Waals surface area (Å²) in [6, 6.07) is 24.3. The Kier molecular flexibility index (Phi) is 5.16. The van der Waals surface area contributed by atoms with Crippen molar-refractivity contribution in [1.82, 2.24) is 9.78 Å². The third-order valence-electron chi connectivity index (χ3n) is 6.73. The van der Waals surface area contributed by atoms with Gasteiger partial charge in [-0.05, 0) is 84.7 Å². The fraction of sp³-hybridized carbons (Fsp3) is 0.321. The average molecular weight is 424 g/mol. The fourth-order valence-corrected chi connectivity index (χ4v) is 4.68. The van der Waals surface area contributed by atoms with Crippen LogP contribution in [0.15, 0.2) is 79.1 Å². The first-order valence-electron chi connectivity index (χ1n) is 11.9. The van der Waals surface area contributed by atoms with Crippen molar-refractivity contribution in [2.45, 2.75) is 38.3 Å². The normalized spacial score (nSPS) is 18.7. The average Bonchev–Trinajstić information content (AvgIpc) is 3.55. The molecule has 4 nitrogen and oxygen atoms in total. The standard InChI is InChI=1S/C28H29N3O/c1-2-6-26(7-3-1)30(19-21-9-10-21)27-14-13-22-11-12-23(16-24(22)17-27)25-18-29-31(20-25)28-8-4-5-15-32-28/h1-3,6-7,11-14,16-18,20-21,28H,4-5,8-10,15,19H2. The molecule has 1 aliphatic heterocycles. The molecule has 162 valence electrons. The van der Waals surface area contributed by atoms with Crippen LogP contribution in [0.25, 0.3) is 21.9 Å². The number of fused-ring (bicyclic) bond motifs is 1. The topological polar surface area (TPSA) is 30.3 Å². The molecule has 3 aromatic carbocycles. The van der Waals surface area contributed by atoms with Gasteiger partial charge in [-0.2, -0.15) is 5.10 Å². The van der Waals surface area contributed by atoms with Crippen molar-refractivity contribution >= 4 is 22.1 Å². The first-order valence-corrected chi connectivity index (χ1v) is 11.9. The van der Waals surface area contributed by atoms with E-state index in [-0.39, 0.29) is 6.23 Å². The Morgan fingerprint density at radius 1 is 0.844 bits per heavy atom. The third kappa shape index (κ3) is 4.03. The highest BCUT2D eigenvalue weighted by atomic mass is 16.5. The molecule has 2 fully saturated rings. The summed E-state index contributed by atoms with van der Waals surface area (Å²) in [6.07, 6.45) is 10.3. The predicted molar refractivity (Wildman–Crippen MR) is 130 cm³/mol. The van der Waals surface area contributed by atoms with Crippen LogP contribution in [0, 0.1) is 5.92 Å². The Labute approximate surface area is 189 Å². The molecule has 6 rings (SSSR count). The smallest absolute Gasteiger partial charge is 0.150 e. The molecule has 32 heavy (non-hydrogen) atoms. The number of aromatic nitrogens is 2. The SMILES string of the molecule is c1ccc(N(CC2CC2)c2ccc3ccc(-c4cnn(C5CCCCO5)c4)cc3c2)cc1. The van der Waals surface area contributed by atoms with Gasteiger partial charge < -0.3 is 9.64 Å². The summed E-state index contributed by atoms with van der Waals surface area (Å²) < 4.78 is 7.89. The van der Waals surface area contributed by atoms with E-state index in [4.69, 9.17) is 4.74 Å². The molecule has 1 saturated carbocycles. The predicted octanol–water partition coefficient (Wildman–Crippen LogP) is 6.95. The van der Waals surface area contributed by atoms with E-state index in [0.717, 1.165) is 37.5 Å². The van der Waals surface area contributed by atoms with Crippen LogP contribution in [0.1, 0.15) is 38.3 Å². The van der Waals surface area contributed by atoms with E-state index >= 15 is 0 Å². The minimum atomic E-state index is 0.0754. The quantitative estimate of drug-likeness (QED) is 0.336. The van der Waals surface area contributed by atoms with Crippen molar-refractivity contribution in [3.63, 3.8) is 0 Å². The molecule has 1 aromatic heterocycles. The summed E-state index contributed by atoms with van der Waals surface area (Å²) in [4.78, 5) is 2.47. The first kappa shape index (κ1) is 19.6. The van der Waals surface area contributed by atoms with Crippen LogP contribution in [-0.4, -0.2) is 22.9 Å². The second-order valence-electron chi connectivity index (χ2n) is 9.17. The Morgan fingerprint density at radius 3 is 2.53 bits per heavy atom. The summed E-state index contributed by atoms with van der Waals surface area (Å²) >= 11 is 0. The fourth-order valence-electron chi connectivity index (χ4n) is 4.68. The lowest BCUT2D eigenvalue weighted by Crippen LogP contribution is -2.19. The lowest BCUT2D eigenvalue weighted by molar-refractivity contribution is -0.0394. The number of hydrogen-bond acceptors (Lipinski definition) is 3. The summed E-state index contributed by atoms with van der Waals surface area (Å²) in [7, 11) is 0. The van der Waals surface area contributed by atoms with Gasteiger partial charge in [0.2, 0.25) is 0 Å². The molecular weight excluding hydrogens is 394 g/mol. The number of nitrogens with zero attached hydrogens (tertiary/aromatic N) is 3. The molecule has 0 N–H and O–H groups in total. The zero-order valence-corrected chi connectivity index (χ0v) is 18.4. The third-order valence-corrected chi connectivity index (χ3v) is 6.73. The van der Waals surface area contributed by atoms with Crippen LogP contribution in [-0.2, 0) is 4.74 Å². The van der Waals surface area contributed by atoms with Gasteiger partial charge in [0.05, 0.1) is 6.20 Å². The summed E-state index contributed by atoms with van der Waals surface area (Å²) in [5, 5.41) is 7.13. The maximum atomic E-state index is 5.90. The number of para-hydroxylation sites is 1. The minimum absolute atomic E-state index is 0.0754. The van der Waals surface area contributed by atoms with E-state index < -0.39 is 0 Å². The Bertz CT molecular complexity index is 1210. The lowest BCUT2D eigenvalue weighted by Gasteiger charge is -2.25. The maximum absolute atomic E-state index is 5.90. The zero-order chi connectivity index (χ0) is 21.3. The summed E-state index contributed by atoms with van der Waals surface area (Å²) in [6.45, 7) is 1.92. The van der Waals surface area contributed by atoms with Gasteiger partial charge in [-0.1, -0.05) is 36.4 Å². The Hall–Kier alpha value is -3.11. The van der Waals surface area contributed by atoms with E-state index in [0.29, 0.717) is 0 Å². The molecule has 4 heteroatoms. The van der Waals surface area contributed by atoms with Gasteiger partial charge in [-0.3, -0.25) is 0 Å². The number of anilines is 2. The molecule has 2 heterocycles. The number of benzene rings is 3. The van der Waals surface area contributed by atoms with Crippen molar-refractivity contribution in [2.24, 2.45) is 5.92 Å². The van der Waals surface area contributed by atoms with Crippen LogP contribution in [0.3, 0.4) is 0 Å². The molecule has 4 aromatic rings. The van der Waals surface area contributed by atoms with Crippen LogP contribution in [0.2, 0.25) is 0 Å². The Balaban J connectivity index is 1.33. The first-order chi connectivity index (χ1) is 15.8. The number of rotatable bonds is 6. The second kappa shape index (κ2) is 8.44. The van der Waals surface area contributed by atoms with E-state index in [1.165, 1.54) is 47.0 Å². The zero-order valence-electron chi connectivity index (χ0n) is 18.4. The molecule has 1 atom stereocenters. The van der Waals surface area contributed by atoms with Gasteiger partial charge >= 0.3 is 0 Å². The molecule has 0 spiro atoms. The molecule has 1 aliphatic carbocycles. The van der Waals surface area contributed by atoms with Gasteiger partial charge in [0.1, 0.15) is 6.23 Å². The largest absolute Gasteiger partial charge is 0.357 e. The van der Waals surface area contributed by atoms with Crippen LogP contribution < -0.4 is 4.90 Å². The van der Waals surface area contributed by atoms with E-state index in [1.54, 1.807) is 0 Å². The molecule has 0 amide bonds. The molecular formula is C28H29N3O. The van der Waals surface area contributed by atoms with Crippen molar-refractivity contribution in [3.8, 4) is 11.1 Å². The molecule has 2 aliphatic rings. The second-order valence-corrected chi connectivity index (χ2v) is 9.17. The van der Waals surface area contributed by atoms with Crippen molar-refractivity contribution in [1.29, 1.82) is 0 Å². The number of hydrogen-bond donors (Lipinski definition) is 0. The molecule has 0 bridgehead atoms. The lowest BCUT2D eigenvalue weighted by atomic mass is 10.0. The highest BCUT2D eigenvalue weighted by Gasteiger charge is 2.25. The van der Waals surface area contributed by atoms with Gasteiger partial charge in [-0.25, -0.2) is 4.68 Å². The van der Waals surface area contributed by atoms with Gasteiger partial charge in [0, 0.05) is 36.3 Å². The van der Waals surface area contributed by atoms with Crippen LogP contribution >= 0.6 is 0 Å². The highest BCUT2D eigenvalue weighted by molar-refractivity contribution is 5.90. The minimum Gasteiger partial charge on any atom is -0.357 e. The van der Waals surface area contributed by atoms with E-state index in [1.807, 2.05) is 10.9 Å². The van der Waals surface area contributed by atoms with Crippen molar-refractivity contribution < 1.29 is 4.74 Å². The highest BCUT2D eigenvalue weighted by Crippen LogP contribution is 2.37. The van der Waals surface area contributed by atoms with Gasteiger partial charge in [-0.15, -0.1) is 0 Å². The van der Waals surface area contributed by atoms with Gasteiger partial charge in [0.15, 0.2) is 0 Å². The van der Waals surface area contributed by atoms with E-state index in [9.17, 15) is 0 Å². The Morgan fingerprint density at radius 2 is 1.72 bits per heavy atom. The maximum Gasteiger partial charge on any atom is 0.150 e. The van der Waals surface area contributed by atoms with Crippen LogP contribution in [0.4, 0.5) is 11.4 Å². The molecule has 1 unspecified atom stereocenters. The van der Waals surface area contributed by atoms with Crippen molar-refractivity contribution in [2.75, 3.05) is 18.1 Å². The monoisotopic (exact) mass is 423 g/mol. The van der Waals surface area contributed by atoms with E-state index in [2.05, 4.69) is 82.9 Å². The number of ether oxygens (including phenoxy) is 1. The summed E-state index contributed by atoms with van der Waals surface area (Å²) in [5.41, 5.74) is 4.87. The molecule has 1 saturated heterocycles. The molecule has 0 radical (unpaired) electrons. The van der Waals surface area contributed by atoms with Crippen LogP contribution in [0.5, 0.6) is 0 Å². The van der Waals surface area contributed by atoms with Crippen molar-refractivity contribution in [3.05, 3.63) is 79.1 Å². The van der Waals surface area contributed by atoms with Gasteiger partial charge in [0.25, 0.3) is 0 Å².